The van der Waals surface area contributed by atoms with Gasteiger partial charge in [0.15, 0.2) is 0 Å². The van der Waals surface area contributed by atoms with E-state index in [1.165, 1.54) is 17.0 Å². The topological polar surface area (TPSA) is 93.4 Å². The number of urea groups is 1. The van der Waals surface area contributed by atoms with Gasteiger partial charge in [-0.3, -0.25) is 4.79 Å². The van der Waals surface area contributed by atoms with Crippen molar-refractivity contribution in [2.24, 2.45) is 5.92 Å². The van der Waals surface area contributed by atoms with E-state index < -0.39 is 17.8 Å². The van der Waals surface area contributed by atoms with Crippen molar-refractivity contribution in [3.63, 3.8) is 0 Å². The Bertz CT molecular complexity index is 612. The van der Waals surface area contributed by atoms with Crippen molar-refractivity contribution < 1.29 is 19.1 Å². The lowest BCUT2D eigenvalue weighted by Crippen LogP contribution is -2.33. The number of carboxylic acids is 1. The van der Waals surface area contributed by atoms with Gasteiger partial charge in [0.05, 0.1) is 5.69 Å². The highest BCUT2D eigenvalue weighted by Gasteiger charge is 2.28. The summed E-state index contributed by atoms with van der Waals surface area (Å²) in [5.74, 6) is -1.66. The van der Waals surface area contributed by atoms with Gasteiger partial charge in [0, 0.05) is 19.5 Å². The molecule has 1 heterocycles. The van der Waals surface area contributed by atoms with Crippen LogP contribution in [0.2, 0.25) is 0 Å². The Balaban J connectivity index is 2.02. The summed E-state index contributed by atoms with van der Waals surface area (Å²) >= 11 is 0. The average Bonchev–Trinajstić information content (AvgIpc) is 2.86. The van der Waals surface area contributed by atoms with Crippen molar-refractivity contribution in [3.05, 3.63) is 29.6 Å². The predicted octanol–water partition coefficient (Wildman–Crippen LogP) is 2.03. The summed E-state index contributed by atoms with van der Waals surface area (Å²) in [6.07, 6.45) is 0.640. The number of aliphatic carboxylic acids is 1. The van der Waals surface area contributed by atoms with Gasteiger partial charge in [-0.1, -0.05) is 6.07 Å². The van der Waals surface area contributed by atoms with Crippen molar-refractivity contribution in [3.8, 4) is 6.07 Å². The van der Waals surface area contributed by atoms with E-state index in [0.29, 0.717) is 19.5 Å². The Kier molecular flexibility index (Phi) is 4.38. The summed E-state index contributed by atoms with van der Waals surface area (Å²) < 4.78 is 13.4. The van der Waals surface area contributed by atoms with Gasteiger partial charge in [0.2, 0.25) is 0 Å². The van der Waals surface area contributed by atoms with Gasteiger partial charge in [0.25, 0.3) is 0 Å². The third kappa shape index (κ3) is 3.48. The number of rotatable bonds is 3. The first-order valence-electron chi connectivity index (χ1n) is 6.47. The van der Waals surface area contributed by atoms with Gasteiger partial charge in [-0.25, -0.2) is 9.18 Å². The van der Waals surface area contributed by atoms with Crippen LogP contribution in [0.3, 0.4) is 0 Å². The summed E-state index contributed by atoms with van der Waals surface area (Å²) in [4.78, 5) is 24.2. The molecule has 6 nitrogen and oxygen atoms in total. The lowest BCUT2D eigenvalue weighted by Gasteiger charge is -2.17. The second-order valence-corrected chi connectivity index (χ2v) is 4.90. The van der Waals surface area contributed by atoms with Crippen LogP contribution in [-0.2, 0) is 4.79 Å². The van der Waals surface area contributed by atoms with E-state index >= 15 is 0 Å². The molecule has 1 aromatic carbocycles. The number of benzene rings is 1. The molecule has 1 atom stereocenters. The SMILES string of the molecule is N#Cc1c(F)cccc1NC(=O)N1CCC(CC(=O)O)C1. The third-order valence-electron chi connectivity index (χ3n) is 3.40. The Labute approximate surface area is 120 Å². The van der Waals surface area contributed by atoms with Gasteiger partial charge in [-0.05, 0) is 24.5 Å². The molecular formula is C14H14FN3O3. The summed E-state index contributed by atoms with van der Waals surface area (Å²) in [7, 11) is 0. The Morgan fingerprint density at radius 1 is 1.52 bits per heavy atom. The van der Waals surface area contributed by atoms with E-state index in [-0.39, 0.29) is 23.6 Å². The van der Waals surface area contributed by atoms with Crippen molar-refractivity contribution in [1.29, 1.82) is 5.26 Å². The highest BCUT2D eigenvalue weighted by Crippen LogP contribution is 2.22. The first-order chi connectivity index (χ1) is 10.0. The fourth-order valence-electron chi connectivity index (χ4n) is 2.37. The Hall–Kier alpha value is -2.62. The molecule has 0 aliphatic carbocycles. The maximum atomic E-state index is 13.4. The van der Waals surface area contributed by atoms with E-state index in [1.807, 2.05) is 0 Å². The fraction of sp³-hybridized carbons (Fsp3) is 0.357. The number of nitriles is 1. The van der Waals surface area contributed by atoms with Crippen LogP contribution in [0.25, 0.3) is 0 Å². The van der Waals surface area contributed by atoms with Crippen molar-refractivity contribution in [2.75, 3.05) is 18.4 Å². The van der Waals surface area contributed by atoms with Crippen LogP contribution in [0.5, 0.6) is 0 Å². The summed E-state index contributed by atoms with van der Waals surface area (Å²) in [5.41, 5.74) is -0.101. The number of carboxylic acid groups (broad SMARTS) is 1. The van der Waals surface area contributed by atoms with Gasteiger partial charge in [0.1, 0.15) is 17.4 Å². The minimum atomic E-state index is -0.890. The minimum absolute atomic E-state index is 0.0210. The number of nitrogens with zero attached hydrogens (tertiary/aromatic N) is 2. The molecular weight excluding hydrogens is 277 g/mol. The van der Waals surface area contributed by atoms with Crippen LogP contribution >= 0.6 is 0 Å². The van der Waals surface area contributed by atoms with Gasteiger partial charge < -0.3 is 15.3 Å². The van der Waals surface area contributed by atoms with Gasteiger partial charge in [-0.15, -0.1) is 0 Å². The average molecular weight is 291 g/mol. The number of halogens is 1. The molecule has 1 aliphatic heterocycles. The van der Waals surface area contributed by atoms with Crippen LogP contribution in [0, 0.1) is 23.1 Å². The Morgan fingerprint density at radius 2 is 2.29 bits per heavy atom. The quantitative estimate of drug-likeness (QED) is 0.891. The zero-order chi connectivity index (χ0) is 15.4. The van der Waals surface area contributed by atoms with E-state index in [1.54, 1.807) is 6.07 Å². The van der Waals surface area contributed by atoms with E-state index in [0.717, 1.165) is 6.07 Å². The van der Waals surface area contributed by atoms with E-state index in [4.69, 9.17) is 10.4 Å². The zero-order valence-electron chi connectivity index (χ0n) is 11.2. The summed E-state index contributed by atoms with van der Waals surface area (Å²) in [5, 5.41) is 20.1. The van der Waals surface area contributed by atoms with Crippen molar-refractivity contribution >= 4 is 17.7 Å². The van der Waals surface area contributed by atoms with Crippen LogP contribution in [-0.4, -0.2) is 35.1 Å². The Morgan fingerprint density at radius 3 is 2.95 bits per heavy atom. The molecule has 0 saturated carbocycles. The van der Waals surface area contributed by atoms with Crippen LogP contribution < -0.4 is 5.32 Å². The summed E-state index contributed by atoms with van der Waals surface area (Å²) in [6, 6.07) is 5.26. The molecule has 0 spiro atoms. The molecule has 7 heteroatoms. The van der Waals surface area contributed by atoms with Gasteiger partial charge in [-0.2, -0.15) is 5.26 Å². The summed E-state index contributed by atoms with van der Waals surface area (Å²) in [6.45, 7) is 0.788. The molecule has 1 aliphatic rings. The van der Waals surface area contributed by atoms with Crippen LogP contribution in [0.15, 0.2) is 18.2 Å². The van der Waals surface area contributed by atoms with Crippen molar-refractivity contribution in [2.45, 2.75) is 12.8 Å². The molecule has 1 saturated heterocycles. The number of amides is 2. The maximum absolute atomic E-state index is 13.4. The maximum Gasteiger partial charge on any atom is 0.321 e. The number of anilines is 1. The molecule has 0 bridgehead atoms. The monoisotopic (exact) mass is 291 g/mol. The smallest absolute Gasteiger partial charge is 0.321 e. The molecule has 2 rings (SSSR count). The lowest BCUT2D eigenvalue weighted by molar-refractivity contribution is -0.138. The van der Waals surface area contributed by atoms with Crippen molar-refractivity contribution in [1.82, 2.24) is 4.90 Å². The molecule has 1 aromatic rings. The predicted molar refractivity (Wildman–Crippen MR) is 72.1 cm³/mol. The van der Waals surface area contributed by atoms with E-state index in [2.05, 4.69) is 5.32 Å². The molecule has 1 unspecified atom stereocenters. The molecule has 21 heavy (non-hydrogen) atoms. The lowest BCUT2D eigenvalue weighted by atomic mass is 10.1. The molecule has 110 valence electrons. The number of carbonyl (C=O) groups is 2. The number of hydrogen-bond acceptors (Lipinski definition) is 3. The highest BCUT2D eigenvalue weighted by molar-refractivity contribution is 5.91. The first kappa shape index (κ1) is 14.8. The van der Waals surface area contributed by atoms with Crippen LogP contribution in [0.4, 0.5) is 14.9 Å². The standard InChI is InChI=1S/C14H14FN3O3/c15-11-2-1-3-12(10(11)7-16)17-14(21)18-5-4-9(8-18)6-13(19)20/h1-3,9H,4-6,8H2,(H,17,21)(H,19,20). The molecule has 0 aromatic heterocycles. The zero-order valence-corrected chi connectivity index (χ0v) is 11.2. The number of carbonyl (C=O) groups excluding carboxylic acids is 1. The molecule has 2 N–H and O–H groups in total. The third-order valence-corrected chi connectivity index (χ3v) is 3.40. The molecule has 1 fully saturated rings. The fourth-order valence-corrected chi connectivity index (χ4v) is 2.37. The number of hydrogen-bond donors (Lipinski definition) is 2. The highest BCUT2D eigenvalue weighted by atomic mass is 19.1. The normalized spacial score (nSPS) is 17.3. The number of likely N-dealkylation sites (tertiary alicyclic amines) is 1. The number of nitrogens with one attached hydrogen (secondary N) is 1. The van der Waals surface area contributed by atoms with E-state index in [9.17, 15) is 14.0 Å². The first-order valence-corrected chi connectivity index (χ1v) is 6.47. The minimum Gasteiger partial charge on any atom is -0.481 e. The van der Waals surface area contributed by atoms with Crippen LogP contribution in [0.1, 0.15) is 18.4 Å². The second kappa shape index (κ2) is 6.22. The second-order valence-electron chi connectivity index (χ2n) is 4.90. The molecule has 2 amide bonds. The molecule has 0 radical (unpaired) electrons. The largest absolute Gasteiger partial charge is 0.481 e. The van der Waals surface area contributed by atoms with Gasteiger partial charge >= 0.3 is 12.0 Å².